The Labute approximate surface area is 115 Å². The Balaban J connectivity index is 2.18. The number of oxazole rings is 1. The van der Waals surface area contributed by atoms with Gasteiger partial charge < -0.3 is 15.5 Å². The van der Waals surface area contributed by atoms with Crippen molar-refractivity contribution in [3.05, 3.63) is 47.4 Å². The predicted molar refractivity (Wildman–Crippen MR) is 71.5 cm³/mol. The second kappa shape index (κ2) is 5.99. The van der Waals surface area contributed by atoms with Crippen molar-refractivity contribution in [3.8, 4) is 11.8 Å². The Morgan fingerprint density at radius 2 is 2.35 bits per heavy atom. The Kier molecular flexibility index (Phi) is 4.13. The molecular formula is C14H12FN3O2. The minimum absolute atomic E-state index is 0.0455. The number of anilines is 1. The fourth-order valence-corrected chi connectivity index (χ4v) is 1.55. The second-order valence-electron chi connectivity index (χ2n) is 3.92. The molecule has 0 radical (unpaired) electrons. The molecule has 0 unspecified atom stereocenters. The largest absolute Gasteiger partial charge is 0.438 e. The van der Waals surface area contributed by atoms with Gasteiger partial charge in [-0.15, -0.1) is 0 Å². The molecule has 2 aromatic rings. The Bertz CT molecular complexity index is 698. The van der Waals surface area contributed by atoms with Crippen LogP contribution in [0.4, 0.5) is 10.1 Å². The van der Waals surface area contributed by atoms with E-state index in [0.29, 0.717) is 11.3 Å². The van der Waals surface area contributed by atoms with Crippen LogP contribution in [0.25, 0.3) is 0 Å². The van der Waals surface area contributed by atoms with E-state index in [1.54, 1.807) is 13.0 Å². The van der Waals surface area contributed by atoms with Gasteiger partial charge in [0.05, 0.1) is 17.9 Å². The van der Waals surface area contributed by atoms with E-state index in [1.165, 1.54) is 12.1 Å². The molecule has 20 heavy (non-hydrogen) atoms. The SMILES string of the molecule is Cc1ncoc1C(=O)Nc1ccc(C#CCN)cc1F. The number of amides is 1. The average Bonchev–Trinajstić information content (AvgIpc) is 2.85. The first-order chi connectivity index (χ1) is 9.61. The molecule has 0 saturated carbocycles. The van der Waals surface area contributed by atoms with Gasteiger partial charge in [0.1, 0.15) is 5.82 Å². The lowest BCUT2D eigenvalue weighted by molar-refractivity contribution is 0.0995. The van der Waals surface area contributed by atoms with Crippen LogP contribution in [0.15, 0.2) is 29.0 Å². The van der Waals surface area contributed by atoms with Crippen LogP contribution in [0.2, 0.25) is 0 Å². The Morgan fingerprint density at radius 3 is 2.95 bits per heavy atom. The molecule has 102 valence electrons. The molecule has 0 aliphatic heterocycles. The highest BCUT2D eigenvalue weighted by Crippen LogP contribution is 2.17. The summed E-state index contributed by atoms with van der Waals surface area (Å²) in [4.78, 5) is 15.6. The van der Waals surface area contributed by atoms with Gasteiger partial charge >= 0.3 is 0 Å². The zero-order valence-electron chi connectivity index (χ0n) is 10.7. The molecule has 0 spiro atoms. The van der Waals surface area contributed by atoms with E-state index in [1.807, 2.05) is 0 Å². The van der Waals surface area contributed by atoms with Gasteiger partial charge in [-0.3, -0.25) is 4.79 Å². The van der Waals surface area contributed by atoms with Crippen LogP contribution in [0.5, 0.6) is 0 Å². The van der Waals surface area contributed by atoms with Crippen molar-refractivity contribution in [1.29, 1.82) is 0 Å². The molecule has 1 aromatic carbocycles. The van der Waals surface area contributed by atoms with Crippen molar-refractivity contribution >= 4 is 11.6 Å². The molecule has 1 amide bonds. The maximum atomic E-state index is 13.8. The highest BCUT2D eigenvalue weighted by Gasteiger charge is 2.15. The van der Waals surface area contributed by atoms with Crippen molar-refractivity contribution in [1.82, 2.24) is 4.98 Å². The molecule has 6 heteroatoms. The number of aromatic nitrogens is 1. The van der Waals surface area contributed by atoms with Gasteiger partial charge in [-0.05, 0) is 25.1 Å². The molecule has 0 fully saturated rings. The van der Waals surface area contributed by atoms with Gasteiger partial charge in [-0.25, -0.2) is 9.37 Å². The summed E-state index contributed by atoms with van der Waals surface area (Å²) in [7, 11) is 0. The third kappa shape index (κ3) is 3.02. The summed E-state index contributed by atoms with van der Waals surface area (Å²) in [5, 5.41) is 2.42. The lowest BCUT2D eigenvalue weighted by Gasteiger charge is -2.05. The molecule has 0 bridgehead atoms. The minimum Gasteiger partial charge on any atom is -0.438 e. The summed E-state index contributed by atoms with van der Waals surface area (Å²) >= 11 is 0. The van der Waals surface area contributed by atoms with Gasteiger partial charge in [-0.2, -0.15) is 0 Å². The number of nitrogens with two attached hydrogens (primary N) is 1. The van der Waals surface area contributed by atoms with Crippen LogP contribution >= 0.6 is 0 Å². The number of hydrogen-bond donors (Lipinski definition) is 2. The molecule has 0 aliphatic carbocycles. The smallest absolute Gasteiger partial charge is 0.293 e. The number of halogens is 1. The monoisotopic (exact) mass is 273 g/mol. The van der Waals surface area contributed by atoms with E-state index in [4.69, 9.17) is 10.2 Å². The normalized spacial score (nSPS) is 9.75. The first kappa shape index (κ1) is 13.8. The first-order valence-corrected chi connectivity index (χ1v) is 5.81. The molecule has 0 aliphatic rings. The molecule has 5 nitrogen and oxygen atoms in total. The molecule has 1 heterocycles. The van der Waals surface area contributed by atoms with Gasteiger partial charge in [0, 0.05) is 5.56 Å². The number of carbonyl (C=O) groups is 1. The molecule has 2 rings (SSSR count). The summed E-state index contributed by atoms with van der Waals surface area (Å²) in [5.41, 5.74) is 6.21. The number of nitrogens with zero attached hydrogens (tertiary/aromatic N) is 1. The number of rotatable bonds is 2. The lowest BCUT2D eigenvalue weighted by atomic mass is 10.2. The third-order valence-electron chi connectivity index (χ3n) is 2.50. The van der Waals surface area contributed by atoms with Crippen LogP contribution in [0.3, 0.4) is 0 Å². The molecular weight excluding hydrogens is 261 g/mol. The van der Waals surface area contributed by atoms with E-state index < -0.39 is 11.7 Å². The number of hydrogen-bond acceptors (Lipinski definition) is 4. The van der Waals surface area contributed by atoms with Crippen LogP contribution in [-0.4, -0.2) is 17.4 Å². The van der Waals surface area contributed by atoms with Crippen LogP contribution in [-0.2, 0) is 0 Å². The highest BCUT2D eigenvalue weighted by molar-refractivity contribution is 6.02. The number of benzene rings is 1. The van der Waals surface area contributed by atoms with E-state index in [-0.39, 0.29) is 18.0 Å². The van der Waals surface area contributed by atoms with Gasteiger partial charge in [0.2, 0.25) is 5.76 Å². The fourth-order valence-electron chi connectivity index (χ4n) is 1.55. The first-order valence-electron chi connectivity index (χ1n) is 5.81. The quantitative estimate of drug-likeness (QED) is 0.816. The summed E-state index contributed by atoms with van der Waals surface area (Å²) in [6, 6.07) is 4.25. The van der Waals surface area contributed by atoms with Crippen LogP contribution in [0, 0.1) is 24.6 Å². The van der Waals surface area contributed by atoms with E-state index in [0.717, 1.165) is 6.39 Å². The third-order valence-corrected chi connectivity index (χ3v) is 2.50. The zero-order chi connectivity index (χ0) is 14.5. The topological polar surface area (TPSA) is 81.2 Å². The summed E-state index contributed by atoms with van der Waals surface area (Å²) < 4.78 is 18.8. The van der Waals surface area contributed by atoms with Gasteiger partial charge in [-0.1, -0.05) is 11.8 Å². The van der Waals surface area contributed by atoms with Gasteiger partial charge in [0.25, 0.3) is 5.91 Å². The minimum atomic E-state index is -0.584. The summed E-state index contributed by atoms with van der Waals surface area (Å²) in [6.07, 6.45) is 1.16. The van der Waals surface area contributed by atoms with Crippen LogP contribution in [0.1, 0.15) is 21.8 Å². The van der Waals surface area contributed by atoms with E-state index in [9.17, 15) is 9.18 Å². The second-order valence-corrected chi connectivity index (χ2v) is 3.92. The standard InChI is InChI=1S/C14H12FN3O2/c1-9-13(20-8-17-9)14(19)18-12-5-4-10(3-2-6-16)7-11(12)15/h4-5,7-8H,6,16H2,1H3,(H,18,19). The highest BCUT2D eigenvalue weighted by atomic mass is 19.1. The molecule has 0 atom stereocenters. The predicted octanol–water partition coefficient (Wildman–Crippen LogP) is 1.68. The molecule has 1 aromatic heterocycles. The lowest BCUT2D eigenvalue weighted by Crippen LogP contribution is -2.13. The summed E-state index contributed by atoms with van der Waals surface area (Å²) in [6.45, 7) is 1.82. The molecule has 3 N–H and O–H groups in total. The molecule has 0 saturated heterocycles. The maximum Gasteiger partial charge on any atom is 0.293 e. The van der Waals surface area contributed by atoms with Crippen LogP contribution < -0.4 is 11.1 Å². The van der Waals surface area contributed by atoms with Crippen molar-refractivity contribution in [2.75, 3.05) is 11.9 Å². The van der Waals surface area contributed by atoms with Crippen molar-refractivity contribution in [3.63, 3.8) is 0 Å². The van der Waals surface area contributed by atoms with Gasteiger partial charge in [0.15, 0.2) is 6.39 Å². The van der Waals surface area contributed by atoms with Crippen molar-refractivity contribution in [2.45, 2.75) is 6.92 Å². The summed E-state index contributed by atoms with van der Waals surface area (Å²) in [5.74, 6) is 4.24. The van der Waals surface area contributed by atoms with E-state index in [2.05, 4.69) is 22.1 Å². The number of aryl methyl sites for hydroxylation is 1. The van der Waals surface area contributed by atoms with Crippen molar-refractivity contribution in [2.24, 2.45) is 5.73 Å². The number of carbonyl (C=O) groups excluding carboxylic acids is 1. The maximum absolute atomic E-state index is 13.8. The fraction of sp³-hybridized carbons (Fsp3) is 0.143. The van der Waals surface area contributed by atoms with E-state index >= 15 is 0 Å². The van der Waals surface area contributed by atoms with Crippen molar-refractivity contribution < 1.29 is 13.6 Å². The Hall–Kier alpha value is -2.65. The zero-order valence-corrected chi connectivity index (χ0v) is 10.7. The average molecular weight is 273 g/mol. The number of nitrogens with one attached hydrogen (secondary N) is 1. The Morgan fingerprint density at radius 1 is 1.55 bits per heavy atom.